The summed E-state index contributed by atoms with van der Waals surface area (Å²) in [6.07, 6.45) is 0. The molecule has 0 radical (unpaired) electrons. The fourth-order valence-electron chi connectivity index (χ4n) is 2.11. The molecular formula is C16H15BrClNO. The molecule has 2 aromatic rings. The topological polar surface area (TPSA) is 20.3 Å². The molecule has 0 saturated carbocycles. The van der Waals surface area contributed by atoms with Gasteiger partial charge in [-0.05, 0) is 59.6 Å². The molecule has 0 saturated heterocycles. The predicted octanol–water partition coefficient (Wildman–Crippen LogP) is 5.00. The van der Waals surface area contributed by atoms with Gasteiger partial charge in [0.15, 0.2) is 0 Å². The number of rotatable bonds is 2. The molecule has 2 aromatic carbocycles. The van der Waals surface area contributed by atoms with Crippen LogP contribution in [0.2, 0.25) is 5.02 Å². The summed E-state index contributed by atoms with van der Waals surface area (Å²) in [5.41, 5.74) is 3.77. The minimum absolute atomic E-state index is 0.0608. The van der Waals surface area contributed by atoms with Crippen LogP contribution in [0.25, 0.3) is 0 Å². The number of hydrogen-bond acceptors (Lipinski definition) is 1. The van der Waals surface area contributed by atoms with E-state index in [0.29, 0.717) is 10.6 Å². The number of nitrogens with zero attached hydrogens (tertiary/aromatic N) is 1. The first kappa shape index (κ1) is 15.1. The number of carbonyl (C=O) groups is 1. The summed E-state index contributed by atoms with van der Waals surface area (Å²) in [5.74, 6) is -0.0608. The predicted molar refractivity (Wildman–Crippen MR) is 87.8 cm³/mol. The van der Waals surface area contributed by atoms with Gasteiger partial charge in [0.05, 0.1) is 5.02 Å². The van der Waals surface area contributed by atoms with Gasteiger partial charge in [-0.1, -0.05) is 29.3 Å². The molecule has 0 bridgehead atoms. The van der Waals surface area contributed by atoms with Gasteiger partial charge >= 0.3 is 0 Å². The molecule has 1 amide bonds. The van der Waals surface area contributed by atoms with E-state index in [2.05, 4.69) is 22.0 Å². The molecule has 0 fully saturated rings. The Kier molecular flexibility index (Phi) is 4.51. The maximum atomic E-state index is 12.5. The van der Waals surface area contributed by atoms with E-state index in [0.717, 1.165) is 15.7 Å². The number of halogens is 2. The second-order valence-corrected chi connectivity index (χ2v) is 6.04. The minimum Gasteiger partial charge on any atom is -0.311 e. The molecule has 0 N–H and O–H groups in total. The van der Waals surface area contributed by atoms with Crippen molar-refractivity contribution < 1.29 is 4.79 Å². The summed E-state index contributed by atoms with van der Waals surface area (Å²) in [4.78, 5) is 14.2. The van der Waals surface area contributed by atoms with Gasteiger partial charge in [0.1, 0.15) is 0 Å². The molecule has 0 atom stereocenters. The van der Waals surface area contributed by atoms with E-state index in [1.807, 2.05) is 26.0 Å². The second kappa shape index (κ2) is 5.98. The van der Waals surface area contributed by atoms with Gasteiger partial charge in [-0.2, -0.15) is 0 Å². The largest absolute Gasteiger partial charge is 0.311 e. The smallest absolute Gasteiger partial charge is 0.258 e. The molecule has 104 valence electrons. The van der Waals surface area contributed by atoms with Gasteiger partial charge in [0, 0.05) is 22.8 Å². The molecule has 0 aliphatic rings. The monoisotopic (exact) mass is 351 g/mol. The quantitative estimate of drug-likeness (QED) is 0.745. The molecule has 0 aliphatic heterocycles. The highest BCUT2D eigenvalue weighted by atomic mass is 79.9. The summed E-state index contributed by atoms with van der Waals surface area (Å²) in [7, 11) is 1.78. The normalized spacial score (nSPS) is 10.4. The van der Waals surface area contributed by atoms with Crippen LogP contribution in [0.5, 0.6) is 0 Å². The van der Waals surface area contributed by atoms with Crippen LogP contribution in [0, 0.1) is 13.8 Å². The van der Waals surface area contributed by atoms with E-state index >= 15 is 0 Å². The molecule has 4 heteroatoms. The number of anilines is 1. The number of benzene rings is 2. The lowest BCUT2D eigenvalue weighted by atomic mass is 10.1. The van der Waals surface area contributed by atoms with Crippen molar-refractivity contribution in [1.82, 2.24) is 0 Å². The Morgan fingerprint density at radius 1 is 1.15 bits per heavy atom. The van der Waals surface area contributed by atoms with E-state index in [-0.39, 0.29) is 5.91 Å². The van der Waals surface area contributed by atoms with Crippen molar-refractivity contribution in [3.05, 3.63) is 62.6 Å². The average Bonchev–Trinajstić information content (AvgIpc) is 2.40. The second-order valence-electron chi connectivity index (χ2n) is 4.78. The van der Waals surface area contributed by atoms with Crippen molar-refractivity contribution in [2.75, 3.05) is 11.9 Å². The van der Waals surface area contributed by atoms with E-state index < -0.39 is 0 Å². The molecule has 0 aliphatic carbocycles. The van der Waals surface area contributed by atoms with E-state index in [9.17, 15) is 4.79 Å². The Hall–Kier alpha value is -1.32. The van der Waals surface area contributed by atoms with Crippen molar-refractivity contribution in [2.24, 2.45) is 0 Å². The van der Waals surface area contributed by atoms with Crippen LogP contribution in [0.3, 0.4) is 0 Å². The van der Waals surface area contributed by atoms with Crippen LogP contribution in [0.1, 0.15) is 21.5 Å². The molecule has 0 unspecified atom stereocenters. The van der Waals surface area contributed by atoms with Gasteiger partial charge in [-0.15, -0.1) is 0 Å². The maximum Gasteiger partial charge on any atom is 0.258 e. The van der Waals surface area contributed by atoms with E-state index in [1.54, 1.807) is 30.1 Å². The average molecular weight is 353 g/mol. The molecule has 2 rings (SSSR count). The first-order chi connectivity index (χ1) is 9.40. The summed E-state index contributed by atoms with van der Waals surface area (Å²) in [5, 5.41) is 0.593. The number of hydrogen-bond donors (Lipinski definition) is 0. The van der Waals surface area contributed by atoms with E-state index in [1.165, 1.54) is 5.56 Å². The van der Waals surface area contributed by atoms with Gasteiger partial charge in [0.25, 0.3) is 5.91 Å². The zero-order chi connectivity index (χ0) is 14.9. The Labute approximate surface area is 132 Å². The summed E-state index contributed by atoms with van der Waals surface area (Å²) < 4.78 is 0.721. The molecule has 0 aromatic heterocycles. The Morgan fingerprint density at radius 2 is 1.85 bits per heavy atom. The highest BCUT2D eigenvalue weighted by molar-refractivity contribution is 9.10. The maximum absolute atomic E-state index is 12.5. The van der Waals surface area contributed by atoms with Gasteiger partial charge < -0.3 is 4.90 Å². The number of amides is 1. The summed E-state index contributed by atoms with van der Waals surface area (Å²) in [6.45, 7) is 4.04. The highest BCUT2D eigenvalue weighted by Crippen LogP contribution is 2.26. The standard InChI is InChI=1S/C16H15BrClNO/c1-10-4-7-15(11(2)8-10)19(3)16(20)12-5-6-14(18)13(17)9-12/h4-9H,1-3H3. The molecule has 20 heavy (non-hydrogen) atoms. The van der Waals surface area contributed by atoms with Gasteiger partial charge in [-0.3, -0.25) is 4.79 Å². The molecule has 0 heterocycles. The number of aryl methyl sites for hydroxylation is 2. The zero-order valence-corrected chi connectivity index (χ0v) is 13.9. The van der Waals surface area contributed by atoms with Crippen LogP contribution in [0.4, 0.5) is 5.69 Å². The fraction of sp³-hybridized carbons (Fsp3) is 0.188. The zero-order valence-electron chi connectivity index (χ0n) is 11.6. The van der Waals surface area contributed by atoms with E-state index in [4.69, 9.17) is 11.6 Å². The third-order valence-corrected chi connectivity index (χ3v) is 4.40. The van der Waals surface area contributed by atoms with Crippen LogP contribution in [-0.2, 0) is 0 Å². The molecule has 2 nitrogen and oxygen atoms in total. The first-order valence-electron chi connectivity index (χ1n) is 6.20. The lowest BCUT2D eigenvalue weighted by molar-refractivity contribution is 0.0993. The summed E-state index contributed by atoms with van der Waals surface area (Å²) in [6, 6.07) is 11.2. The van der Waals surface area contributed by atoms with Crippen LogP contribution < -0.4 is 4.90 Å². The van der Waals surface area contributed by atoms with Gasteiger partial charge in [0.2, 0.25) is 0 Å². The van der Waals surface area contributed by atoms with Gasteiger partial charge in [-0.25, -0.2) is 0 Å². The minimum atomic E-state index is -0.0608. The highest BCUT2D eigenvalue weighted by Gasteiger charge is 2.16. The van der Waals surface area contributed by atoms with Crippen LogP contribution in [-0.4, -0.2) is 13.0 Å². The Balaban J connectivity index is 2.34. The lowest BCUT2D eigenvalue weighted by Crippen LogP contribution is -2.26. The first-order valence-corrected chi connectivity index (χ1v) is 7.37. The molecule has 0 spiro atoms. The van der Waals surface area contributed by atoms with Crippen LogP contribution in [0.15, 0.2) is 40.9 Å². The van der Waals surface area contributed by atoms with Crippen molar-refractivity contribution in [2.45, 2.75) is 13.8 Å². The summed E-state index contributed by atoms with van der Waals surface area (Å²) >= 11 is 9.29. The SMILES string of the molecule is Cc1ccc(N(C)C(=O)c2ccc(Cl)c(Br)c2)c(C)c1. The van der Waals surface area contributed by atoms with Crippen molar-refractivity contribution in [3.8, 4) is 0 Å². The Bertz CT molecular complexity index is 670. The lowest BCUT2D eigenvalue weighted by Gasteiger charge is -2.20. The van der Waals surface area contributed by atoms with Crippen molar-refractivity contribution in [3.63, 3.8) is 0 Å². The Morgan fingerprint density at radius 3 is 2.45 bits per heavy atom. The third-order valence-electron chi connectivity index (χ3n) is 3.18. The van der Waals surface area contributed by atoms with Crippen LogP contribution >= 0.6 is 27.5 Å². The van der Waals surface area contributed by atoms with Crippen molar-refractivity contribution in [1.29, 1.82) is 0 Å². The molecular weight excluding hydrogens is 338 g/mol. The third kappa shape index (κ3) is 3.05. The fourth-order valence-corrected chi connectivity index (χ4v) is 2.61. The van der Waals surface area contributed by atoms with Crippen molar-refractivity contribution >= 4 is 39.1 Å². The number of carbonyl (C=O) groups excluding carboxylic acids is 1.